The highest BCUT2D eigenvalue weighted by Gasteiger charge is 2.56. The molecule has 1 aromatic heterocycles. The predicted molar refractivity (Wildman–Crippen MR) is 91.1 cm³/mol. The van der Waals surface area contributed by atoms with E-state index in [1.54, 1.807) is 0 Å². The molecule has 0 spiro atoms. The second kappa shape index (κ2) is 9.15. The molecule has 0 aromatic carbocycles. The van der Waals surface area contributed by atoms with Crippen LogP contribution in [-0.2, 0) is 38.1 Å². The van der Waals surface area contributed by atoms with E-state index in [-0.39, 0.29) is 5.56 Å². The Morgan fingerprint density at radius 3 is 2.26 bits per heavy atom. The van der Waals surface area contributed by atoms with Gasteiger partial charge in [-0.15, -0.1) is 0 Å². The Morgan fingerprint density at radius 2 is 1.74 bits per heavy atom. The van der Waals surface area contributed by atoms with Gasteiger partial charge in [-0.3, -0.25) is 18.6 Å². The number of amides is 1. The van der Waals surface area contributed by atoms with Crippen LogP contribution in [0.25, 0.3) is 0 Å². The van der Waals surface area contributed by atoms with Gasteiger partial charge in [-0.05, 0) is 6.07 Å². The molecule has 1 aliphatic heterocycles. The molecule has 1 amide bonds. The van der Waals surface area contributed by atoms with Crippen LogP contribution in [0.2, 0.25) is 0 Å². The summed E-state index contributed by atoms with van der Waals surface area (Å²) in [5, 5.41) is 0. The SMILES string of the molecule is CC(=O)O[C@@H]1[C@@H](COS(=O)(=O)C(F)(F)F)OC([n+]2cccc(C(N)=O)c2)[C@@H]1OC(C)=O. The van der Waals surface area contributed by atoms with E-state index in [2.05, 4.69) is 4.18 Å². The summed E-state index contributed by atoms with van der Waals surface area (Å²) in [5.41, 5.74) is -0.470. The van der Waals surface area contributed by atoms with Crippen molar-refractivity contribution in [3.63, 3.8) is 0 Å². The topological polar surface area (TPSA) is 152 Å². The number of hydrogen-bond donors (Lipinski definition) is 1. The zero-order valence-corrected chi connectivity index (χ0v) is 16.9. The minimum absolute atomic E-state index is 0.0102. The van der Waals surface area contributed by atoms with E-state index in [0.29, 0.717) is 0 Å². The van der Waals surface area contributed by atoms with Crippen LogP contribution in [0.3, 0.4) is 0 Å². The van der Waals surface area contributed by atoms with Gasteiger partial charge in [0, 0.05) is 19.9 Å². The molecule has 4 atom stereocenters. The fourth-order valence-corrected chi connectivity index (χ4v) is 3.20. The monoisotopic (exact) mass is 471 g/mol. The molecule has 2 N–H and O–H groups in total. The van der Waals surface area contributed by atoms with Crippen LogP contribution >= 0.6 is 0 Å². The molecule has 0 bridgehead atoms. The largest absolute Gasteiger partial charge is 0.523 e. The van der Waals surface area contributed by atoms with Crippen molar-refractivity contribution < 1.29 is 58.9 Å². The third kappa shape index (κ3) is 5.89. The number of carbonyl (C=O) groups is 3. The summed E-state index contributed by atoms with van der Waals surface area (Å²) >= 11 is 0. The molecule has 0 saturated carbocycles. The molecule has 31 heavy (non-hydrogen) atoms. The van der Waals surface area contributed by atoms with Gasteiger partial charge in [0.1, 0.15) is 11.7 Å². The Balaban J connectivity index is 2.41. The van der Waals surface area contributed by atoms with Crippen molar-refractivity contribution in [3.05, 3.63) is 30.1 Å². The lowest BCUT2D eigenvalue weighted by Crippen LogP contribution is -2.48. The highest BCUT2D eigenvalue weighted by atomic mass is 32.2. The Bertz CT molecular complexity index is 967. The number of ether oxygens (including phenoxy) is 3. The third-order valence-electron chi connectivity index (χ3n) is 3.96. The van der Waals surface area contributed by atoms with E-state index in [0.717, 1.165) is 13.8 Å². The second-order valence-electron chi connectivity index (χ2n) is 6.30. The first-order chi connectivity index (χ1) is 14.2. The number of halogens is 3. The number of carbonyl (C=O) groups excluding carboxylic acids is 3. The van der Waals surface area contributed by atoms with Gasteiger partial charge in [0.15, 0.2) is 18.5 Å². The molecule has 1 unspecified atom stereocenters. The number of primary amides is 1. The van der Waals surface area contributed by atoms with Gasteiger partial charge < -0.3 is 19.9 Å². The average molecular weight is 471 g/mol. The van der Waals surface area contributed by atoms with Crippen LogP contribution in [-0.4, -0.2) is 56.7 Å². The number of hydrogen-bond acceptors (Lipinski definition) is 9. The molecule has 15 heteroatoms. The number of nitrogens with two attached hydrogens (primary N) is 1. The quantitative estimate of drug-likeness (QED) is 0.244. The smallest absolute Gasteiger partial charge is 0.455 e. The van der Waals surface area contributed by atoms with Crippen LogP contribution < -0.4 is 10.3 Å². The fourth-order valence-electron chi connectivity index (χ4n) is 2.75. The van der Waals surface area contributed by atoms with Gasteiger partial charge in [0.05, 0.1) is 6.61 Å². The maximum absolute atomic E-state index is 12.6. The number of pyridine rings is 1. The van der Waals surface area contributed by atoms with E-state index < -0.39 is 64.6 Å². The van der Waals surface area contributed by atoms with Crippen molar-refractivity contribution in [3.8, 4) is 0 Å². The Hall–Kier alpha value is -2.78. The normalized spacial score (nSPS) is 23.9. The first-order valence-electron chi connectivity index (χ1n) is 8.49. The summed E-state index contributed by atoms with van der Waals surface area (Å²) in [6.07, 6.45) is -3.30. The van der Waals surface area contributed by atoms with Gasteiger partial charge in [-0.2, -0.15) is 26.2 Å². The summed E-state index contributed by atoms with van der Waals surface area (Å²) < 4.78 is 81.0. The third-order valence-corrected chi connectivity index (χ3v) is 4.97. The number of rotatable bonds is 7. The van der Waals surface area contributed by atoms with E-state index in [1.165, 1.54) is 29.1 Å². The van der Waals surface area contributed by atoms with Gasteiger partial charge in [0.25, 0.3) is 5.91 Å². The molecule has 172 valence electrons. The summed E-state index contributed by atoms with van der Waals surface area (Å²) in [7, 11) is -5.97. The van der Waals surface area contributed by atoms with Gasteiger partial charge in [-0.1, -0.05) is 0 Å². The van der Waals surface area contributed by atoms with E-state index in [1.807, 2.05) is 0 Å². The van der Waals surface area contributed by atoms with Gasteiger partial charge in [-0.25, -0.2) is 0 Å². The molecule has 0 aliphatic carbocycles. The average Bonchev–Trinajstić information content (AvgIpc) is 2.95. The lowest BCUT2D eigenvalue weighted by atomic mass is 10.1. The first kappa shape index (κ1) is 24.5. The lowest BCUT2D eigenvalue weighted by Gasteiger charge is -2.21. The zero-order chi connectivity index (χ0) is 23.6. The van der Waals surface area contributed by atoms with Gasteiger partial charge in [0.2, 0.25) is 6.10 Å². The first-order valence-corrected chi connectivity index (χ1v) is 9.90. The minimum atomic E-state index is -5.97. The summed E-state index contributed by atoms with van der Waals surface area (Å²) in [6, 6.07) is 2.74. The molecule has 2 rings (SSSR count). The summed E-state index contributed by atoms with van der Waals surface area (Å²) in [5.74, 6) is -2.58. The van der Waals surface area contributed by atoms with E-state index in [9.17, 15) is 36.0 Å². The Kier molecular flexibility index (Phi) is 7.23. The van der Waals surface area contributed by atoms with Crippen molar-refractivity contribution in [1.29, 1.82) is 0 Å². The van der Waals surface area contributed by atoms with Crippen LogP contribution in [0.5, 0.6) is 0 Å². The highest BCUT2D eigenvalue weighted by molar-refractivity contribution is 7.87. The molecule has 1 aromatic rings. The number of nitrogens with zero attached hydrogens (tertiary/aromatic N) is 1. The molecule has 0 radical (unpaired) electrons. The van der Waals surface area contributed by atoms with Crippen molar-refractivity contribution in [2.24, 2.45) is 5.73 Å². The lowest BCUT2D eigenvalue weighted by molar-refractivity contribution is -0.765. The molecule has 11 nitrogen and oxygen atoms in total. The van der Waals surface area contributed by atoms with Crippen molar-refractivity contribution in [2.45, 2.75) is 43.9 Å². The molecular formula is C16H18F3N2O9S+. The number of esters is 2. The Labute approximate surface area is 173 Å². The molecule has 1 aliphatic rings. The van der Waals surface area contributed by atoms with Crippen LogP contribution in [0.4, 0.5) is 13.2 Å². The Morgan fingerprint density at radius 1 is 1.16 bits per heavy atom. The predicted octanol–water partition coefficient (Wildman–Crippen LogP) is -0.300. The van der Waals surface area contributed by atoms with Crippen LogP contribution in [0.15, 0.2) is 24.5 Å². The standard InChI is InChI=1S/C16H17F3N2O9S/c1-8(22)28-12-11(7-27-31(25,26)16(17,18)19)30-15(13(12)29-9(2)23)21-5-3-4-10(6-21)14(20)24/h3-6,11-13,15H,7H2,1-2H3,(H-,20,24)/p+1/t11-,12-,13-,15?/m1/s1. The van der Waals surface area contributed by atoms with Crippen LogP contribution in [0.1, 0.15) is 30.4 Å². The zero-order valence-electron chi connectivity index (χ0n) is 16.1. The van der Waals surface area contributed by atoms with Crippen molar-refractivity contribution >= 4 is 28.0 Å². The molecular weight excluding hydrogens is 453 g/mol. The molecule has 2 heterocycles. The summed E-state index contributed by atoms with van der Waals surface area (Å²) in [4.78, 5) is 34.5. The molecule has 1 fully saturated rings. The minimum Gasteiger partial charge on any atom is -0.455 e. The van der Waals surface area contributed by atoms with Gasteiger partial charge >= 0.3 is 33.8 Å². The number of alkyl halides is 3. The molecule has 1 saturated heterocycles. The second-order valence-corrected chi connectivity index (χ2v) is 7.91. The van der Waals surface area contributed by atoms with E-state index in [4.69, 9.17) is 19.9 Å². The number of aromatic nitrogens is 1. The maximum Gasteiger partial charge on any atom is 0.523 e. The van der Waals surface area contributed by atoms with E-state index >= 15 is 0 Å². The summed E-state index contributed by atoms with van der Waals surface area (Å²) in [6.45, 7) is 0.790. The van der Waals surface area contributed by atoms with Crippen molar-refractivity contribution in [1.82, 2.24) is 0 Å². The van der Waals surface area contributed by atoms with Crippen LogP contribution in [0, 0.1) is 0 Å². The highest BCUT2D eigenvalue weighted by Crippen LogP contribution is 2.33. The van der Waals surface area contributed by atoms with Crippen molar-refractivity contribution in [2.75, 3.05) is 6.61 Å². The maximum atomic E-state index is 12.6. The fraction of sp³-hybridized carbons (Fsp3) is 0.500.